The summed E-state index contributed by atoms with van der Waals surface area (Å²) in [6, 6.07) is 5.87. The van der Waals surface area contributed by atoms with Gasteiger partial charge in [-0.1, -0.05) is 17.7 Å². The number of carbonyl (C=O) groups excluding carboxylic acids is 1. The van der Waals surface area contributed by atoms with E-state index >= 15 is 0 Å². The zero-order chi connectivity index (χ0) is 17.4. The summed E-state index contributed by atoms with van der Waals surface area (Å²) in [5.74, 6) is -2.15. The Morgan fingerprint density at radius 2 is 2.26 bits per heavy atom. The van der Waals surface area contributed by atoms with E-state index in [2.05, 4.69) is 4.99 Å². The minimum atomic E-state index is -1.08. The van der Waals surface area contributed by atoms with Crippen LogP contribution < -0.4 is 0 Å². The lowest BCUT2D eigenvalue weighted by Gasteiger charge is -2.24. The van der Waals surface area contributed by atoms with Crippen LogP contribution in [0, 0.1) is 23.1 Å². The molecule has 1 aromatic carbocycles. The largest absolute Gasteiger partial charge is 0.465 e. The van der Waals surface area contributed by atoms with Crippen LogP contribution in [0.2, 0.25) is 5.02 Å². The molecule has 0 aliphatic heterocycles. The Bertz CT molecular complexity index is 594. The first kappa shape index (κ1) is 19.1. The molecule has 7 heteroatoms. The van der Waals surface area contributed by atoms with Crippen molar-refractivity contribution >= 4 is 23.8 Å². The summed E-state index contributed by atoms with van der Waals surface area (Å²) in [6.07, 6.45) is 1.23. The first-order chi connectivity index (χ1) is 10.9. The summed E-state index contributed by atoms with van der Waals surface area (Å²) in [5.41, 5.74) is 0.334. The Labute approximate surface area is 140 Å². The molecule has 5 nitrogen and oxygen atoms in total. The van der Waals surface area contributed by atoms with Crippen LogP contribution in [0.3, 0.4) is 0 Å². The smallest absolute Gasteiger partial charge is 0.328 e. The number of nitriles is 1. The van der Waals surface area contributed by atoms with Gasteiger partial charge in [0.05, 0.1) is 25.3 Å². The molecule has 0 aromatic heterocycles. The Kier molecular flexibility index (Phi) is 7.66. The fourth-order valence-corrected chi connectivity index (χ4v) is 2.28. The SMILES string of the molecule is CCOC(=O)[C@@H](C#N)C=NC[C@H](c1c(F)cccc1Cl)N(C)C. The molecule has 23 heavy (non-hydrogen) atoms. The second kappa shape index (κ2) is 9.23. The van der Waals surface area contributed by atoms with E-state index in [0.29, 0.717) is 10.6 Å². The van der Waals surface area contributed by atoms with Gasteiger partial charge in [0.25, 0.3) is 0 Å². The number of rotatable bonds is 7. The van der Waals surface area contributed by atoms with Crippen molar-refractivity contribution in [1.82, 2.24) is 4.90 Å². The number of carbonyl (C=O) groups is 1. The molecule has 0 aliphatic rings. The Morgan fingerprint density at radius 3 is 2.78 bits per heavy atom. The molecule has 2 atom stereocenters. The van der Waals surface area contributed by atoms with Gasteiger partial charge in [-0.25, -0.2) is 4.39 Å². The standard InChI is InChI=1S/C16H19ClFN3O2/c1-4-23-16(22)11(8-19)9-20-10-14(21(2)3)15-12(17)6-5-7-13(15)18/h5-7,9,11,14H,4,10H2,1-3H3/t11-,14+/m0/s1. The molecule has 0 radical (unpaired) electrons. The summed E-state index contributed by atoms with van der Waals surface area (Å²) >= 11 is 6.08. The maximum absolute atomic E-state index is 14.1. The minimum absolute atomic E-state index is 0.158. The monoisotopic (exact) mass is 339 g/mol. The highest BCUT2D eigenvalue weighted by Gasteiger charge is 2.21. The van der Waals surface area contributed by atoms with E-state index in [1.165, 1.54) is 18.3 Å². The average molecular weight is 340 g/mol. The maximum Gasteiger partial charge on any atom is 0.328 e. The van der Waals surface area contributed by atoms with Crippen LogP contribution in [0.4, 0.5) is 4.39 Å². The highest BCUT2D eigenvalue weighted by Crippen LogP contribution is 2.29. The van der Waals surface area contributed by atoms with Crippen molar-refractivity contribution in [2.45, 2.75) is 13.0 Å². The summed E-state index contributed by atoms with van der Waals surface area (Å²) < 4.78 is 18.8. The molecule has 0 fully saturated rings. The number of likely N-dealkylation sites (N-methyl/N-ethyl adjacent to an activating group) is 1. The molecule has 0 saturated heterocycles. The van der Waals surface area contributed by atoms with Gasteiger partial charge in [0, 0.05) is 16.8 Å². The molecule has 124 valence electrons. The lowest BCUT2D eigenvalue weighted by atomic mass is 10.1. The van der Waals surface area contributed by atoms with E-state index in [4.69, 9.17) is 21.6 Å². The van der Waals surface area contributed by atoms with Crippen LogP contribution in [-0.4, -0.2) is 44.3 Å². The van der Waals surface area contributed by atoms with Crippen LogP contribution in [0.1, 0.15) is 18.5 Å². The van der Waals surface area contributed by atoms with Crippen LogP contribution in [0.5, 0.6) is 0 Å². The highest BCUT2D eigenvalue weighted by atomic mass is 35.5. The molecule has 1 rings (SSSR count). The normalized spacial score (nSPS) is 13.8. The van der Waals surface area contributed by atoms with Crippen molar-refractivity contribution in [3.8, 4) is 6.07 Å². The number of hydrogen-bond acceptors (Lipinski definition) is 5. The number of aliphatic imine (C=N–C) groups is 1. The Morgan fingerprint density at radius 1 is 1.57 bits per heavy atom. The molecular weight excluding hydrogens is 321 g/mol. The van der Waals surface area contributed by atoms with Gasteiger partial charge in [0.15, 0.2) is 5.92 Å². The van der Waals surface area contributed by atoms with Gasteiger partial charge >= 0.3 is 5.97 Å². The second-order valence-corrected chi connectivity index (χ2v) is 5.39. The van der Waals surface area contributed by atoms with E-state index < -0.39 is 23.7 Å². The van der Waals surface area contributed by atoms with E-state index in [0.717, 1.165) is 0 Å². The van der Waals surface area contributed by atoms with Crippen LogP contribution in [0.15, 0.2) is 23.2 Å². The fraction of sp³-hybridized carbons (Fsp3) is 0.438. The van der Waals surface area contributed by atoms with Crippen molar-refractivity contribution in [1.29, 1.82) is 5.26 Å². The summed E-state index contributed by atoms with van der Waals surface area (Å²) in [4.78, 5) is 17.4. The van der Waals surface area contributed by atoms with Crippen molar-refractivity contribution < 1.29 is 13.9 Å². The number of halogens is 2. The van der Waals surface area contributed by atoms with Crippen molar-refractivity contribution in [3.05, 3.63) is 34.6 Å². The summed E-state index contributed by atoms with van der Waals surface area (Å²) in [5, 5.41) is 9.28. The number of nitrogens with zero attached hydrogens (tertiary/aromatic N) is 3. The number of ether oxygens (including phenoxy) is 1. The lowest BCUT2D eigenvalue weighted by molar-refractivity contribution is -0.143. The average Bonchev–Trinajstić information content (AvgIpc) is 2.49. The van der Waals surface area contributed by atoms with Crippen molar-refractivity contribution in [2.24, 2.45) is 10.9 Å². The molecule has 0 amide bonds. The van der Waals surface area contributed by atoms with Gasteiger partial charge in [-0.3, -0.25) is 9.79 Å². The van der Waals surface area contributed by atoms with Gasteiger partial charge in [0.1, 0.15) is 5.82 Å². The number of benzene rings is 1. The third-order valence-corrected chi connectivity index (χ3v) is 3.50. The van der Waals surface area contributed by atoms with Gasteiger partial charge in [0.2, 0.25) is 0 Å². The van der Waals surface area contributed by atoms with Gasteiger partial charge in [-0.15, -0.1) is 0 Å². The highest BCUT2D eigenvalue weighted by molar-refractivity contribution is 6.31. The van der Waals surface area contributed by atoms with Crippen LogP contribution >= 0.6 is 11.6 Å². The van der Waals surface area contributed by atoms with Crippen molar-refractivity contribution in [2.75, 3.05) is 27.2 Å². The maximum atomic E-state index is 14.1. The molecule has 0 spiro atoms. The molecule has 0 N–H and O–H groups in total. The Hall–Kier alpha value is -1.97. The lowest BCUT2D eigenvalue weighted by Crippen LogP contribution is -2.24. The number of hydrogen-bond donors (Lipinski definition) is 0. The zero-order valence-electron chi connectivity index (χ0n) is 13.3. The topological polar surface area (TPSA) is 65.7 Å². The van der Waals surface area contributed by atoms with E-state index in [1.54, 1.807) is 32.0 Å². The van der Waals surface area contributed by atoms with E-state index in [9.17, 15) is 9.18 Å². The summed E-state index contributed by atoms with van der Waals surface area (Å²) in [6.45, 7) is 2.01. The van der Waals surface area contributed by atoms with Gasteiger partial charge in [-0.2, -0.15) is 5.26 Å². The zero-order valence-corrected chi connectivity index (χ0v) is 14.0. The predicted molar refractivity (Wildman–Crippen MR) is 86.9 cm³/mol. The molecule has 0 saturated carbocycles. The third-order valence-electron chi connectivity index (χ3n) is 3.17. The fourth-order valence-electron chi connectivity index (χ4n) is 1.99. The number of esters is 1. The minimum Gasteiger partial charge on any atom is -0.465 e. The summed E-state index contributed by atoms with van der Waals surface area (Å²) in [7, 11) is 3.55. The first-order valence-electron chi connectivity index (χ1n) is 7.08. The molecule has 1 aromatic rings. The van der Waals surface area contributed by atoms with Gasteiger partial charge < -0.3 is 9.64 Å². The van der Waals surface area contributed by atoms with Gasteiger partial charge in [-0.05, 0) is 33.2 Å². The Balaban J connectivity index is 2.92. The second-order valence-electron chi connectivity index (χ2n) is 4.99. The van der Waals surface area contributed by atoms with Crippen LogP contribution in [0.25, 0.3) is 0 Å². The first-order valence-corrected chi connectivity index (χ1v) is 7.46. The van der Waals surface area contributed by atoms with E-state index in [1.807, 2.05) is 6.07 Å². The molecule has 0 heterocycles. The van der Waals surface area contributed by atoms with Crippen LogP contribution in [-0.2, 0) is 9.53 Å². The molecule has 0 aliphatic carbocycles. The molecule has 0 unspecified atom stereocenters. The quantitative estimate of drug-likeness (QED) is 0.566. The molecule has 0 bridgehead atoms. The third kappa shape index (κ3) is 5.31. The van der Waals surface area contributed by atoms with E-state index in [-0.39, 0.29) is 13.2 Å². The van der Waals surface area contributed by atoms with Crippen molar-refractivity contribution in [3.63, 3.8) is 0 Å². The predicted octanol–water partition coefficient (Wildman–Crippen LogP) is 2.86. The molecular formula is C16H19ClFN3O2.